The van der Waals surface area contributed by atoms with Crippen LogP contribution in [0.4, 0.5) is 18.9 Å². The van der Waals surface area contributed by atoms with E-state index in [0.29, 0.717) is 12.1 Å². The fourth-order valence-electron chi connectivity index (χ4n) is 2.43. The first-order valence-electron chi connectivity index (χ1n) is 7.72. The third-order valence-electron chi connectivity index (χ3n) is 3.88. The van der Waals surface area contributed by atoms with Gasteiger partial charge < -0.3 is 5.73 Å². The molecule has 2 N–H and O–H groups in total. The molecule has 12 heteroatoms. The van der Waals surface area contributed by atoms with Crippen molar-refractivity contribution in [2.45, 2.75) is 17.9 Å². The van der Waals surface area contributed by atoms with E-state index in [1.54, 1.807) is 0 Å². The van der Waals surface area contributed by atoms with Crippen LogP contribution in [0.5, 0.6) is 0 Å². The topological polar surface area (TPSA) is 107 Å². The van der Waals surface area contributed by atoms with E-state index < -0.39 is 45.0 Å². The minimum atomic E-state index is -4.09. The lowest BCUT2D eigenvalue weighted by atomic mass is 10.1. The van der Waals surface area contributed by atoms with E-state index in [-0.39, 0.29) is 35.1 Å². The van der Waals surface area contributed by atoms with Crippen LogP contribution in [0.2, 0.25) is 0 Å². The van der Waals surface area contributed by atoms with Gasteiger partial charge in [-0.3, -0.25) is 10.1 Å². The van der Waals surface area contributed by atoms with Crippen molar-refractivity contribution in [3.63, 3.8) is 0 Å². The number of benzene rings is 2. The summed E-state index contributed by atoms with van der Waals surface area (Å²) >= 11 is 0. The molecule has 0 fully saturated rings. The maximum Gasteiger partial charge on any atom is 0.269 e. The van der Waals surface area contributed by atoms with Crippen LogP contribution in [0.1, 0.15) is 18.5 Å². The van der Waals surface area contributed by atoms with Gasteiger partial charge in [0.25, 0.3) is 5.69 Å². The molecular weight excluding hydrogens is 423 g/mol. The molecule has 154 valence electrons. The van der Waals surface area contributed by atoms with Crippen molar-refractivity contribution in [1.82, 2.24) is 4.31 Å². The van der Waals surface area contributed by atoms with Crippen LogP contribution in [0.25, 0.3) is 0 Å². The zero-order valence-corrected chi connectivity index (χ0v) is 16.1. The number of halogens is 4. The lowest BCUT2D eigenvalue weighted by Gasteiger charge is -2.24. The number of nitro benzene ring substituents is 1. The van der Waals surface area contributed by atoms with Crippen molar-refractivity contribution >= 4 is 28.1 Å². The van der Waals surface area contributed by atoms with E-state index >= 15 is 0 Å². The molecule has 0 aromatic heterocycles. The number of hydrogen-bond donors (Lipinski definition) is 1. The molecule has 1 atom stereocenters. The molecule has 2 rings (SSSR count). The Morgan fingerprint density at radius 3 is 2.14 bits per heavy atom. The molecule has 0 aliphatic rings. The highest BCUT2D eigenvalue weighted by Crippen LogP contribution is 2.24. The van der Waals surface area contributed by atoms with Gasteiger partial charge in [0.2, 0.25) is 10.0 Å². The average molecular weight is 440 g/mol. The molecule has 0 amide bonds. The average Bonchev–Trinajstić information content (AvgIpc) is 2.62. The normalized spacial score (nSPS) is 12.5. The molecule has 28 heavy (non-hydrogen) atoms. The summed E-state index contributed by atoms with van der Waals surface area (Å²) in [6.45, 7) is 1.06. The molecule has 0 bridgehead atoms. The van der Waals surface area contributed by atoms with Crippen molar-refractivity contribution < 1.29 is 26.5 Å². The number of nitrogens with two attached hydrogens (primary N) is 1. The summed E-state index contributed by atoms with van der Waals surface area (Å²) in [6.07, 6.45) is 0. The Kier molecular flexibility index (Phi) is 7.94. The molecule has 0 spiro atoms. The Bertz CT molecular complexity index is 958. The third kappa shape index (κ3) is 4.98. The van der Waals surface area contributed by atoms with Crippen molar-refractivity contribution in [2.24, 2.45) is 5.73 Å². The number of non-ortho nitro benzene ring substituents is 1. The number of nitrogens with zero attached hydrogens (tertiary/aromatic N) is 2. The Balaban J connectivity index is 0.00000392. The van der Waals surface area contributed by atoms with Crippen molar-refractivity contribution in [1.29, 1.82) is 0 Å². The summed E-state index contributed by atoms with van der Waals surface area (Å²) in [5, 5.41) is 10.7. The second-order valence-corrected chi connectivity index (χ2v) is 7.54. The van der Waals surface area contributed by atoms with Gasteiger partial charge in [0.1, 0.15) is 5.82 Å². The maximum absolute atomic E-state index is 13.9. The fraction of sp³-hybridized carbons (Fsp3) is 0.250. The summed E-state index contributed by atoms with van der Waals surface area (Å²) in [5.41, 5.74) is 5.16. The molecule has 0 heterocycles. The zero-order valence-electron chi connectivity index (χ0n) is 14.5. The standard InChI is InChI=1S/C16H16F3N3O4S.ClH/c1-2-21(9-16(20)12-7-14(18)15(19)8-13(12)17)27(25,26)11-5-3-10(4-6-11)22(23)24;/h3-8,16H,2,9,20H2,1H3;1H/t16-;/m0./s1. The molecule has 2 aromatic rings. The molecular formula is C16H17ClF3N3O4S. The van der Waals surface area contributed by atoms with Crippen LogP contribution in [-0.4, -0.2) is 30.7 Å². The molecule has 0 aliphatic heterocycles. The Labute approximate surface area is 165 Å². The number of nitro groups is 1. The number of likely N-dealkylation sites (N-methyl/N-ethyl adjacent to an activating group) is 1. The molecule has 2 aromatic carbocycles. The molecule has 0 saturated heterocycles. The summed E-state index contributed by atoms with van der Waals surface area (Å²) in [6, 6.07) is 3.88. The van der Waals surface area contributed by atoms with Crippen molar-refractivity contribution in [3.8, 4) is 0 Å². The van der Waals surface area contributed by atoms with Gasteiger partial charge in [0.15, 0.2) is 11.6 Å². The van der Waals surface area contributed by atoms with E-state index in [1.807, 2.05) is 0 Å². The Morgan fingerprint density at radius 2 is 1.64 bits per heavy atom. The molecule has 0 saturated carbocycles. The highest BCUT2D eigenvalue weighted by Gasteiger charge is 2.27. The van der Waals surface area contributed by atoms with E-state index in [0.717, 1.165) is 28.6 Å². The lowest BCUT2D eigenvalue weighted by molar-refractivity contribution is -0.384. The molecule has 0 unspecified atom stereocenters. The van der Waals surface area contributed by atoms with Crippen LogP contribution in [0, 0.1) is 27.6 Å². The van der Waals surface area contributed by atoms with Crippen molar-refractivity contribution in [3.05, 3.63) is 69.5 Å². The van der Waals surface area contributed by atoms with Crippen LogP contribution in [0.15, 0.2) is 41.3 Å². The van der Waals surface area contributed by atoms with Crippen LogP contribution in [0.3, 0.4) is 0 Å². The quantitative estimate of drug-likeness (QED) is 0.405. The number of rotatable bonds is 7. The fourth-order valence-corrected chi connectivity index (χ4v) is 3.90. The Hall–Kier alpha value is -2.21. The first-order valence-corrected chi connectivity index (χ1v) is 9.16. The number of hydrogen-bond acceptors (Lipinski definition) is 5. The van der Waals surface area contributed by atoms with E-state index in [9.17, 15) is 31.7 Å². The first-order chi connectivity index (χ1) is 12.6. The number of sulfonamides is 1. The van der Waals surface area contributed by atoms with E-state index in [4.69, 9.17) is 5.73 Å². The molecule has 0 aliphatic carbocycles. The summed E-state index contributed by atoms with van der Waals surface area (Å²) in [5.74, 6) is -3.78. The smallest absolute Gasteiger partial charge is 0.269 e. The van der Waals surface area contributed by atoms with Crippen LogP contribution < -0.4 is 5.73 Å². The largest absolute Gasteiger partial charge is 0.323 e. The van der Waals surface area contributed by atoms with Gasteiger partial charge in [-0.05, 0) is 18.2 Å². The van der Waals surface area contributed by atoms with Gasteiger partial charge in [-0.25, -0.2) is 21.6 Å². The Morgan fingerprint density at radius 1 is 1.11 bits per heavy atom. The van der Waals surface area contributed by atoms with Crippen LogP contribution in [-0.2, 0) is 10.0 Å². The first kappa shape index (κ1) is 23.8. The van der Waals surface area contributed by atoms with Gasteiger partial charge >= 0.3 is 0 Å². The predicted molar refractivity (Wildman–Crippen MR) is 98.0 cm³/mol. The second-order valence-electron chi connectivity index (χ2n) is 5.60. The van der Waals surface area contributed by atoms with E-state index in [1.165, 1.54) is 6.92 Å². The summed E-state index contributed by atoms with van der Waals surface area (Å²) < 4.78 is 66.6. The van der Waals surface area contributed by atoms with E-state index in [2.05, 4.69) is 0 Å². The van der Waals surface area contributed by atoms with Crippen molar-refractivity contribution in [2.75, 3.05) is 13.1 Å². The summed E-state index contributed by atoms with van der Waals surface area (Å²) in [7, 11) is -4.09. The zero-order chi connectivity index (χ0) is 20.4. The minimum absolute atomic E-state index is 0. The predicted octanol–water partition coefficient (Wildman–Crippen LogP) is 3.14. The maximum atomic E-state index is 13.9. The molecule has 0 radical (unpaired) electrons. The van der Waals surface area contributed by atoms with Gasteiger partial charge in [0.05, 0.1) is 9.82 Å². The van der Waals surface area contributed by atoms with Gasteiger partial charge in [-0.1, -0.05) is 6.92 Å². The lowest BCUT2D eigenvalue weighted by Crippen LogP contribution is -2.37. The highest BCUT2D eigenvalue weighted by molar-refractivity contribution is 7.89. The SMILES string of the molecule is CCN(C[C@H](N)c1cc(F)c(F)cc1F)S(=O)(=O)c1ccc([N+](=O)[O-])cc1.Cl. The highest BCUT2D eigenvalue weighted by atomic mass is 35.5. The third-order valence-corrected chi connectivity index (χ3v) is 5.83. The minimum Gasteiger partial charge on any atom is -0.323 e. The van der Waals surface area contributed by atoms with Gasteiger partial charge in [-0.15, -0.1) is 12.4 Å². The van der Waals surface area contributed by atoms with Gasteiger partial charge in [-0.2, -0.15) is 4.31 Å². The second kappa shape index (κ2) is 9.32. The monoisotopic (exact) mass is 439 g/mol. The summed E-state index contributed by atoms with van der Waals surface area (Å²) in [4.78, 5) is 9.79. The van der Waals surface area contributed by atoms with Gasteiger partial charge in [0, 0.05) is 42.9 Å². The molecule has 7 nitrogen and oxygen atoms in total. The van der Waals surface area contributed by atoms with Crippen LogP contribution >= 0.6 is 12.4 Å².